The fourth-order valence-corrected chi connectivity index (χ4v) is 5.39. The van der Waals surface area contributed by atoms with Crippen LogP contribution in [0.15, 0.2) is 14.7 Å². The van der Waals surface area contributed by atoms with Gasteiger partial charge in [-0.2, -0.15) is 4.31 Å². The average Bonchev–Trinajstić information content (AvgIpc) is 2.66. The number of carbonyl (C=O) groups excluding carboxylic acids is 1. The molecule has 1 aromatic rings. The molecule has 5 nitrogen and oxygen atoms in total. The molecule has 1 N–H and O–H groups in total. The lowest BCUT2D eigenvalue weighted by Gasteiger charge is -2.19. The Morgan fingerprint density at radius 2 is 2.11 bits per heavy atom. The van der Waals surface area contributed by atoms with Gasteiger partial charge in [0.2, 0.25) is 15.9 Å². The molecule has 1 amide bonds. The summed E-state index contributed by atoms with van der Waals surface area (Å²) in [6.45, 7) is 5.85. The highest BCUT2D eigenvalue weighted by molar-refractivity contribution is 9.11. The van der Waals surface area contributed by atoms with Gasteiger partial charge in [-0.3, -0.25) is 4.79 Å². The van der Waals surface area contributed by atoms with Crippen LogP contribution in [-0.2, 0) is 14.8 Å². The van der Waals surface area contributed by atoms with Gasteiger partial charge in [0.05, 0.1) is 15.2 Å². The molecular weight excluding hydrogens is 352 g/mol. The molecule has 108 valence electrons. The predicted molar refractivity (Wildman–Crippen MR) is 79.9 cm³/mol. The van der Waals surface area contributed by atoms with Crippen LogP contribution in [0.5, 0.6) is 0 Å². The molecule has 8 heteroatoms. The summed E-state index contributed by atoms with van der Waals surface area (Å²) in [7, 11) is -3.62. The second-order valence-electron chi connectivity index (χ2n) is 3.86. The molecule has 0 bridgehead atoms. The normalized spacial score (nSPS) is 11.8. The highest BCUT2D eigenvalue weighted by Crippen LogP contribution is 2.31. The molecule has 1 rings (SSSR count). The lowest BCUT2D eigenvalue weighted by Crippen LogP contribution is -2.40. The molecule has 0 saturated heterocycles. The summed E-state index contributed by atoms with van der Waals surface area (Å²) in [6.07, 6.45) is 0. The lowest BCUT2D eigenvalue weighted by atomic mass is 10.5. The molecule has 1 heterocycles. The minimum absolute atomic E-state index is 0.153. The van der Waals surface area contributed by atoms with E-state index in [1.165, 1.54) is 15.6 Å². The van der Waals surface area contributed by atoms with E-state index in [2.05, 4.69) is 21.2 Å². The van der Waals surface area contributed by atoms with Crippen LogP contribution in [0.2, 0.25) is 0 Å². The molecule has 0 aliphatic rings. The van der Waals surface area contributed by atoms with E-state index < -0.39 is 10.0 Å². The first-order valence-corrected chi connectivity index (χ1v) is 8.90. The minimum atomic E-state index is -3.62. The van der Waals surface area contributed by atoms with Crippen LogP contribution in [0.4, 0.5) is 0 Å². The van der Waals surface area contributed by atoms with Crippen LogP contribution in [-0.4, -0.2) is 38.3 Å². The van der Waals surface area contributed by atoms with E-state index in [-0.39, 0.29) is 23.9 Å². The van der Waals surface area contributed by atoms with E-state index in [9.17, 15) is 13.2 Å². The first kappa shape index (κ1) is 16.6. The highest BCUT2D eigenvalue weighted by atomic mass is 79.9. The third-order valence-corrected chi connectivity index (χ3v) is 6.24. The standard InChI is InChI=1S/C11H17BrN2O3S2/c1-4-13-11(15)7-14(5-2)19(16,17)9-6-10(12)18-8(9)3/h6H,4-5,7H2,1-3H3,(H,13,15). The summed E-state index contributed by atoms with van der Waals surface area (Å²) in [6, 6.07) is 1.58. The lowest BCUT2D eigenvalue weighted by molar-refractivity contribution is -0.121. The summed E-state index contributed by atoms with van der Waals surface area (Å²) >= 11 is 4.64. The van der Waals surface area contributed by atoms with Crippen molar-refractivity contribution in [1.29, 1.82) is 0 Å². The molecule has 0 fully saturated rings. The molecule has 0 spiro atoms. The van der Waals surface area contributed by atoms with Crippen molar-refractivity contribution in [2.24, 2.45) is 0 Å². The summed E-state index contributed by atoms with van der Waals surface area (Å²) in [5.74, 6) is -0.292. The number of rotatable bonds is 6. The number of nitrogens with zero attached hydrogens (tertiary/aromatic N) is 1. The van der Waals surface area contributed by atoms with Crippen molar-refractivity contribution in [3.63, 3.8) is 0 Å². The summed E-state index contributed by atoms with van der Waals surface area (Å²) in [4.78, 5) is 12.5. The molecule has 0 aliphatic heterocycles. The largest absolute Gasteiger partial charge is 0.355 e. The fourth-order valence-electron chi connectivity index (χ4n) is 1.61. The Morgan fingerprint density at radius 1 is 1.47 bits per heavy atom. The van der Waals surface area contributed by atoms with E-state index in [1.807, 2.05) is 0 Å². The predicted octanol–water partition coefficient (Wildman–Crippen LogP) is 1.97. The molecular formula is C11H17BrN2O3S2. The number of sulfonamides is 1. The Labute approximate surface area is 126 Å². The number of likely N-dealkylation sites (N-methyl/N-ethyl adjacent to an activating group) is 2. The average molecular weight is 369 g/mol. The van der Waals surface area contributed by atoms with Crippen LogP contribution in [0, 0.1) is 6.92 Å². The van der Waals surface area contributed by atoms with Crippen molar-refractivity contribution in [3.05, 3.63) is 14.7 Å². The van der Waals surface area contributed by atoms with Gasteiger partial charge in [0, 0.05) is 18.0 Å². The van der Waals surface area contributed by atoms with Crippen LogP contribution >= 0.6 is 27.3 Å². The van der Waals surface area contributed by atoms with Crippen LogP contribution in [0.1, 0.15) is 18.7 Å². The maximum Gasteiger partial charge on any atom is 0.244 e. The first-order chi connectivity index (χ1) is 8.82. The van der Waals surface area contributed by atoms with Crippen molar-refractivity contribution in [1.82, 2.24) is 9.62 Å². The van der Waals surface area contributed by atoms with Crippen molar-refractivity contribution in [2.45, 2.75) is 25.7 Å². The molecule has 0 aliphatic carbocycles. The number of hydrogen-bond acceptors (Lipinski definition) is 4. The fraction of sp³-hybridized carbons (Fsp3) is 0.545. The third kappa shape index (κ3) is 4.01. The van der Waals surface area contributed by atoms with Gasteiger partial charge < -0.3 is 5.32 Å². The minimum Gasteiger partial charge on any atom is -0.355 e. The zero-order chi connectivity index (χ0) is 14.6. The number of amides is 1. The maximum atomic E-state index is 12.5. The number of nitrogens with one attached hydrogen (secondary N) is 1. The highest BCUT2D eigenvalue weighted by Gasteiger charge is 2.27. The topological polar surface area (TPSA) is 66.5 Å². The number of hydrogen-bond donors (Lipinski definition) is 1. The Morgan fingerprint density at radius 3 is 2.53 bits per heavy atom. The first-order valence-electron chi connectivity index (χ1n) is 5.85. The quantitative estimate of drug-likeness (QED) is 0.834. The van der Waals surface area contributed by atoms with Crippen molar-refractivity contribution >= 4 is 43.2 Å². The van der Waals surface area contributed by atoms with Gasteiger partial charge in [-0.25, -0.2) is 8.42 Å². The third-order valence-electron chi connectivity index (χ3n) is 2.51. The Balaban J connectivity index is 3.02. The van der Waals surface area contributed by atoms with E-state index in [0.717, 1.165) is 3.79 Å². The van der Waals surface area contributed by atoms with Gasteiger partial charge in [0.15, 0.2) is 0 Å². The van der Waals surface area contributed by atoms with Gasteiger partial charge in [-0.15, -0.1) is 11.3 Å². The molecule has 0 atom stereocenters. The van der Waals surface area contributed by atoms with Gasteiger partial charge in [-0.1, -0.05) is 6.92 Å². The van der Waals surface area contributed by atoms with Crippen LogP contribution in [0.3, 0.4) is 0 Å². The number of aryl methyl sites for hydroxylation is 1. The van der Waals surface area contributed by atoms with Crippen LogP contribution in [0.25, 0.3) is 0 Å². The van der Waals surface area contributed by atoms with Gasteiger partial charge >= 0.3 is 0 Å². The smallest absolute Gasteiger partial charge is 0.244 e. The molecule has 0 aromatic carbocycles. The van der Waals surface area contributed by atoms with E-state index in [1.54, 1.807) is 26.8 Å². The van der Waals surface area contributed by atoms with Crippen molar-refractivity contribution < 1.29 is 13.2 Å². The van der Waals surface area contributed by atoms with Gasteiger partial charge in [0.1, 0.15) is 0 Å². The monoisotopic (exact) mass is 368 g/mol. The van der Waals surface area contributed by atoms with Gasteiger partial charge in [-0.05, 0) is 35.8 Å². The number of carbonyl (C=O) groups is 1. The number of halogens is 1. The SMILES string of the molecule is CCNC(=O)CN(CC)S(=O)(=O)c1cc(Br)sc1C. The Kier molecular flexibility index (Phi) is 5.97. The molecule has 0 radical (unpaired) electrons. The number of thiophene rings is 1. The van der Waals surface area contributed by atoms with Crippen LogP contribution < -0.4 is 5.32 Å². The second-order valence-corrected chi connectivity index (χ2v) is 8.40. The molecule has 1 aromatic heterocycles. The Hall–Kier alpha value is -0.440. The van der Waals surface area contributed by atoms with E-state index >= 15 is 0 Å². The Bertz CT molecular complexity index is 554. The van der Waals surface area contributed by atoms with E-state index in [4.69, 9.17) is 0 Å². The summed E-state index contributed by atoms with van der Waals surface area (Å²) in [5, 5.41) is 2.60. The zero-order valence-corrected chi connectivity index (χ0v) is 14.3. The van der Waals surface area contributed by atoms with Crippen molar-refractivity contribution in [3.8, 4) is 0 Å². The summed E-state index contributed by atoms with van der Waals surface area (Å²) < 4.78 is 26.9. The summed E-state index contributed by atoms with van der Waals surface area (Å²) in [5.41, 5.74) is 0. The van der Waals surface area contributed by atoms with Crippen molar-refractivity contribution in [2.75, 3.05) is 19.6 Å². The zero-order valence-electron chi connectivity index (χ0n) is 11.1. The molecule has 0 saturated carbocycles. The maximum absolute atomic E-state index is 12.5. The molecule has 19 heavy (non-hydrogen) atoms. The second kappa shape index (κ2) is 6.83. The van der Waals surface area contributed by atoms with Gasteiger partial charge in [0.25, 0.3) is 0 Å². The van der Waals surface area contributed by atoms with E-state index in [0.29, 0.717) is 11.4 Å². The molecule has 0 unspecified atom stereocenters.